The van der Waals surface area contributed by atoms with Crippen LogP contribution in [-0.4, -0.2) is 55.7 Å². The Hall–Kier alpha value is -0.130. The molecule has 0 bridgehead atoms. The highest BCUT2D eigenvalue weighted by Crippen LogP contribution is 2.03. The largest absolute Gasteiger partial charge is 0.396 e. The molecule has 0 rings (SSSR count). The molecule has 0 aliphatic rings. The second-order valence-corrected chi connectivity index (χ2v) is 6.77. The van der Waals surface area contributed by atoms with Crippen molar-refractivity contribution in [3.05, 3.63) is 0 Å². The van der Waals surface area contributed by atoms with Crippen molar-refractivity contribution >= 4 is 9.84 Å². The van der Waals surface area contributed by atoms with Gasteiger partial charge in [0.25, 0.3) is 0 Å². The Kier molecular flexibility index (Phi) is 7.97. The van der Waals surface area contributed by atoms with E-state index in [4.69, 9.17) is 5.11 Å². The van der Waals surface area contributed by atoms with Crippen molar-refractivity contribution in [2.24, 2.45) is 0 Å². The van der Waals surface area contributed by atoms with Gasteiger partial charge < -0.3 is 10.0 Å². The van der Waals surface area contributed by atoms with Crippen LogP contribution < -0.4 is 0 Å². The molecule has 98 valence electrons. The Morgan fingerprint density at radius 2 is 1.75 bits per heavy atom. The zero-order valence-corrected chi connectivity index (χ0v) is 11.5. The molecule has 0 saturated heterocycles. The van der Waals surface area contributed by atoms with Crippen LogP contribution in [0.15, 0.2) is 0 Å². The third-order valence-corrected chi connectivity index (χ3v) is 4.46. The third-order valence-electron chi connectivity index (χ3n) is 2.67. The van der Waals surface area contributed by atoms with Crippen molar-refractivity contribution < 1.29 is 13.5 Å². The lowest BCUT2D eigenvalue weighted by Gasteiger charge is -2.26. The maximum Gasteiger partial charge on any atom is 0.150 e. The molecule has 0 atom stereocenters. The summed E-state index contributed by atoms with van der Waals surface area (Å²) in [5.41, 5.74) is 0. The summed E-state index contributed by atoms with van der Waals surface area (Å²) in [6.45, 7) is 7.67. The van der Waals surface area contributed by atoms with Crippen LogP contribution >= 0.6 is 0 Å². The van der Waals surface area contributed by atoms with Gasteiger partial charge in [-0.2, -0.15) is 0 Å². The van der Waals surface area contributed by atoms with Crippen molar-refractivity contribution in [1.82, 2.24) is 4.90 Å². The van der Waals surface area contributed by atoms with E-state index >= 15 is 0 Å². The number of hydrogen-bond acceptors (Lipinski definition) is 4. The summed E-state index contributed by atoms with van der Waals surface area (Å²) in [5, 5.41) is 8.77. The lowest BCUT2D eigenvalue weighted by atomic mass is 10.2. The van der Waals surface area contributed by atoms with E-state index in [0.29, 0.717) is 12.5 Å². The molecule has 0 aliphatic heterocycles. The zero-order valence-electron chi connectivity index (χ0n) is 10.6. The molecule has 16 heavy (non-hydrogen) atoms. The molecule has 4 nitrogen and oxygen atoms in total. The molecule has 0 unspecified atom stereocenters. The zero-order chi connectivity index (χ0) is 12.6. The highest BCUT2D eigenvalue weighted by Gasteiger charge is 2.11. The van der Waals surface area contributed by atoms with Gasteiger partial charge in [-0.1, -0.05) is 6.92 Å². The van der Waals surface area contributed by atoms with E-state index in [-0.39, 0.29) is 18.1 Å². The number of nitrogens with zero attached hydrogens (tertiary/aromatic N) is 1. The molecule has 0 aromatic heterocycles. The van der Waals surface area contributed by atoms with Crippen LogP contribution in [0.2, 0.25) is 0 Å². The van der Waals surface area contributed by atoms with E-state index in [1.807, 2.05) is 0 Å². The predicted molar refractivity (Wildman–Crippen MR) is 67.4 cm³/mol. The summed E-state index contributed by atoms with van der Waals surface area (Å²) in [4.78, 5) is 2.21. The maximum absolute atomic E-state index is 11.3. The van der Waals surface area contributed by atoms with Crippen molar-refractivity contribution in [2.75, 3.05) is 31.2 Å². The molecule has 0 aromatic carbocycles. The number of sulfone groups is 1. The summed E-state index contributed by atoms with van der Waals surface area (Å²) in [6, 6.07) is 0.399. The van der Waals surface area contributed by atoms with Crippen LogP contribution in [0.1, 0.15) is 33.6 Å². The summed E-state index contributed by atoms with van der Waals surface area (Å²) in [5.74, 6) is 0.497. The second-order valence-electron chi connectivity index (χ2n) is 4.30. The molecule has 0 heterocycles. The van der Waals surface area contributed by atoms with E-state index in [9.17, 15) is 8.42 Å². The lowest BCUT2D eigenvalue weighted by Crippen LogP contribution is -2.34. The summed E-state index contributed by atoms with van der Waals surface area (Å²) >= 11 is 0. The summed E-state index contributed by atoms with van der Waals surface area (Å²) in [6.07, 6.45) is 1.43. The molecule has 1 N–H and O–H groups in total. The van der Waals surface area contributed by atoms with Crippen LogP contribution in [0.5, 0.6) is 0 Å². The van der Waals surface area contributed by atoms with Gasteiger partial charge in [-0.25, -0.2) is 8.42 Å². The quantitative estimate of drug-likeness (QED) is 0.661. The predicted octanol–water partition coefficient (Wildman–Crippen LogP) is 0.904. The van der Waals surface area contributed by atoms with Crippen molar-refractivity contribution in [1.29, 1.82) is 0 Å². The first-order chi connectivity index (χ1) is 7.43. The Morgan fingerprint density at radius 3 is 2.19 bits per heavy atom. The van der Waals surface area contributed by atoms with Gasteiger partial charge in [0.2, 0.25) is 0 Å². The average Bonchev–Trinajstić information content (AvgIpc) is 2.22. The van der Waals surface area contributed by atoms with Crippen LogP contribution in [0.3, 0.4) is 0 Å². The third kappa shape index (κ3) is 7.19. The second kappa shape index (κ2) is 8.03. The van der Waals surface area contributed by atoms with E-state index in [2.05, 4.69) is 18.7 Å². The van der Waals surface area contributed by atoms with Crippen LogP contribution in [-0.2, 0) is 9.84 Å². The fourth-order valence-electron chi connectivity index (χ4n) is 1.53. The van der Waals surface area contributed by atoms with Gasteiger partial charge in [0.15, 0.2) is 0 Å². The van der Waals surface area contributed by atoms with Crippen LogP contribution in [0.4, 0.5) is 0 Å². The first-order valence-electron chi connectivity index (χ1n) is 5.98. The smallest absolute Gasteiger partial charge is 0.150 e. The summed E-state index contributed by atoms with van der Waals surface area (Å²) < 4.78 is 22.6. The number of rotatable bonds is 9. The van der Waals surface area contributed by atoms with Gasteiger partial charge in [0.05, 0.1) is 5.75 Å². The maximum atomic E-state index is 11.3. The van der Waals surface area contributed by atoms with Crippen LogP contribution in [0.25, 0.3) is 0 Å². The number of aliphatic hydroxyl groups is 1. The Morgan fingerprint density at radius 1 is 1.19 bits per heavy atom. The molecule has 0 aromatic rings. The van der Waals surface area contributed by atoms with Gasteiger partial charge in [-0.05, 0) is 33.2 Å². The minimum Gasteiger partial charge on any atom is -0.396 e. The van der Waals surface area contributed by atoms with Gasteiger partial charge >= 0.3 is 0 Å². The molecule has 0 amide bonds. The van der Waals surface area contributed by atoms with E-state index in [1.165, 1.54) is 0 Å². The molecule has 5 heteroatoms. The molecular formula is C11H25NO3S. The van der Waals surface area contributed by atoms with Gasteiger partial charge in [0.1, 0.15) is 9.84 Å². The fraction of sp³-hybridized carbons (Fsp3) is 1.00. The first kappa shape index (κ1) is 15.9. The van der Waals surface area contributed by atoms with Gasteiger partial charge in [0, 0.05) is 24.9 Å². The number of aliphatic hydroxyl groups excluding tert-OH is 1. The summed E-state index contributed by atoms with van der Waals surface area (Å²) in [7, 11) is -2.84. The number of hydrogen-bond donors (Lipinski definition) is 1. The normalized spacial score (nSPS) is 12.6. The lowest BCUT2D eigenvalue weighted by molar-refractivity contribution is 0.192. The molecule has 0 aliphatic carbocycles. The Balaban J connectivity index is 3.94. The van der Waals surface area contributed by atoms with E-state index in [1.54, 1.807) is 6.92 Å². The molecule has 0 spiro atoms. The Bertz CT molecular complexity index is 262. The highest BCUT2D eigenvalue weighted by molar-refractivity contribution is 7.91. The van der Waals surface area contributed by atoms with E-state index < -0.39 is 9.84 Å². The van der Waals surface area contributed by atoms with Crippen molar-refractivity contribution in [3.63, 3.8) is 0 Å². The van der Waals surface area contributed by atoms with E-state index in [0.717, 1.165) is 19.5 Å². The standard InChI is InChI=1S/C11H25NO3S/c1-4-16(14,15)10-6-8-12(11(2)3)7-5-9-13/h11,13H,4-10H2,1-3H3. The van der Waals surface area contributed by atoms with Gasteiger partial charge in [-0.3, -0.25) is 0 Å². The Labute approximate surface area is 99.6 Å². The molecule has 0 fully saturated rings. The topological polar surface area (TPSA) is 57.6 Å². The fourth-order valence-corrected chi connectivity index (χ4v) is 2.39. The minimum atomic E-state index is -2.84. The molecular weight excluding hydrogens is 226 g/mol. The van der Waals surface area contributed by atoms with Crippen molar-refractivity contribution in [3.8, 4) is 0 Å². The van der Waals surface area contributed by atoms with Gasteiger partial charge in [-0.15, -0.1) is 0 Å². The monoisotopic (exact) mass is 251 g/mol. The molecule has 0 radical (unpaired) electrons. The highest BCUT2D eigenvalue weighted by atomic mass is 32.2. The minimum absolute atomic E-state index is 0.191. The first-order valence-corrected chi connectivity index (χ1v) is 7.80. The average molecular weight is 251 g/mol. The van der Waals surface area contributed by atoms with Crippen LogP contribution in [0, 0.1) is 0 Å². The molecule has 0 saturated carbocycles. The SMILES string of the molecule is CCS(=O)(=O)CCCN(CCCO)C(C)C. The van der Waals surface area contributed by atoms with Crippen molar-refractivity contribution in [2.45, 2.75) is 39.7 Å².